The van der Waals surface area contributed by atoms with Crippen molar-refractivity contribution in [2.45, 2.75) is 58.5 Å². The molecule has 0 bridgehead atoms. The molecule has 0 unspecified atom stereocenters. The Balaban J connectivity index is 1.92. The van der Waals surface area contributed by atoms with Crippen LogP contribution in [0.4, 0.5) is 0 Å². The van der Waals surface area contributed by atoms with Crippen LogP contribution in [0.5, 0.6) is 0 Å². The van der Waals surface area contributed by atoms with Gasteiger partial charge in [-0.25, -0.2) is 0 Å². The largest absolute Gasteiger partial charge is 0.329 e. The average molecular weight is 278 g/mol. The number of aromatic nitrogens is 2. The van der Waals surface area contributed by atoms with E-state index >= 15 is 0 Å². The second-order valence-electron chi connectivity index (χ2n) is 6.50. The van der Waals surface area contributed by atoms with E-state index in [-0.39, 0.29) is 0 Å². The van der Waals surface area contributed by atoms with Gasteiger partial charge in [-0.1, -0.05) is 33.1 Å². The molecule has 2 rings (SSSR count). The first kappa shape index (κ1) is 15.5. The van der Waals surface area contributed by atoms with Crippen LogP contribution in [0.1, 0.15) is 57.7 Å². The molecule has 2 N–H and O–H groups in total. The van der Waals surface area contributed by atoms with Crippen molar-refractivity contribution in [3.63, 3.8) is 0 Å². The summed E-state index contributed by atoms with van der Waals surface area (Å²) in [6.07, 6.45) is 8.85. The predicted molar refractivity (Wildman–Crippen MR) is 83.5 cm³/mol. The molecule has 1 aromatic heterocycles. The summed E-state index contributed by atoms with van der Waals surface area (Å²) < 4.78 is 2.20. The summed E-state index contributed by atoms with van der Waals surface area (Å²) >= 11 is 0. The maximum Gasteiger partial charge on any atom is 0.0764 e. The van der Waals surface area contributed by atoms with Gasteiger partial charge in [0.1, 0.15) is 0 Å². The Morgan fingerprint density at radius 2 is 2.10 bits per heavy atom. The number of nitrogens with two attached hydrogens (primary N) is 1. The van der Waals surface area contributed by atoms with Gasteiger partial charge in [-0.2, -0.15) is 5.10 Å². The average Bonchev–Trinajstić information content (AvgIpc) is 2.88. The lowest BCUT2D eigenvalue weighted by molar-refractivity contribution is 0.237. The van der Waals surface area contributed by atoms with E-state index in [0.29, 0.717) is 12.0 Å². The zero-order valence-electron chi connectivity index (χ0n) is 13.1. The van der Waals surface area contributed by atoms with Crippen LogP contribution in [-0.2, 0) is 6.54 Å². The fraction of sp³-hybridized carbons (Fsp3) is 0.812. The summed E-state index contributed by atoms with van der Waals surface area (Å²) in [7, 11) is 0. The molecule has 0 spiro atoms. The molecule has 0 radical (unpaired) electrons. The first-order chi connectivity index (χ1) is 9.69. The molecule has 1 aliphatic rings. The van der Waals surface area contributed by atoms with Crippen molar-refractivity contribution >= 4 is 0 Å². The summed E-state index contributed by atoms with van der Waals surface area (Å²) in [5.74, 6) is 0.669. The smallest absolute Gasteiger partial charge is 0.0764 e. The van der Waals surface area contributed by atoms with Gasteiger partial charge in [0.25, 0.3) is 0 Å². The van der Waals surface area contributed by atoms with E-state index in [1.165, 1.54) is 37.8 Å². The Bertz CT molecular complexity index is 380. The van der Waals surface area contributed by atoms with Gasteiger partial charge in [-0.15, -0.1) is 0 Å². The fourth-order valence-corrected chi connectivity index (χ4v) is 3.17. The van der Waals surface area contributed by atoms with Crippen molar-refractivity contribution in [3.8, 4) is 0 Å². The number of rotatable bonds is 7. The Morgan fingerprint density at radius 3 is 2.75 bits per heavy atom. The van der Waals surface area contributed by atoms with Gasteiger partial charge >= 0.3 is 0 Å². The molecular formula is C16H30N4. The molecule has 0 aliphatic heterocycles. The molecule has 20 heavy (non-hydrogen) atoms. The first-order valence-electron chi connectivity index (χ1n) is 8.15. The van der Waals surface area contributed by atoms with E-state index in [0.717, 1.165) is 26.2 Å². The van der Waals surface area contributed by atoms with Gasteiger partial charge in [-0.05, 0) is 24.8 Å². The fourth-order valence-electron chi connectivity index (χ4n) is 3.17. The summed E-state index contributed by atoms with van der Waals surface area (Å²) in [6.45, 7) is 8.20. The minimum Gasteiger partial charge on any atom is -0.329 e. The van der Waals surface area contributed by atoms with E-state index in [2.05, 4.69) is 35.7 Å². The van der Waals surface area contributed by atoms with Gasteiger partial charge in [0, 0.05) is 32.4 Å². The SMILES string of the molecule is CC(C)CN(CCN)Cc1ccn(C2CCCCC2)n1. The monoisotopic (exact) mass is 278 g/mol. The molecule has 0 atom stereocenters. The van der Waals surface area contributed by atoms with Crippen molar-refractivity contribution in [1.82, 2.24) is 14.7 Å². The summed E-state index contributed by atoms with van der Waals surface area (Å²) in [6, 6.07) is 2.81. The molecule has 1 heterocycles. The van der Waals surface area contributed by atoms with Gasteiger partial charge in [0.05, 0.1) is 11.7 Å². The summed E-state index contributed by atoms with van der Waals surface area (Å²) in [5.41, 5.74) is 6.90. The van der Waals surface area contributed by atoms with Crippen LogP contribution in [0.15, 0.2) is 12.3 Å². The highest BCUT2D eigenvalue weighted by molar-refractivity contribution is 5.00. The van der Waals surface area contributed by atoms with Gasteiger partial charge < -0.3 is 5.73 Å². The molecule has 0 saturated heterocycles. The topological polar surface area (TPSA) is 47.1 Å². The summed E-state index contributed by atoms with van der Waals surface area (Å²) in [5, 5.41) is 4.80. The normalized spacial score (nSPS) is 17.2. The molecule has 1 aromatic rings. The highest BCUT2D eigenvalue weighted by atomic mass is 15.3. The summed E-state index contributed by atoms with van der Waals surface area (Å²) in [4.78, 5) is 2.41. The van der Waals surface area contributed by atoms with Crippen LogP contribution in [0, 0.1) is 5.92 Å². The van der Waals surface area contributed by atoms with Crippen molar-refractivity contribution in [3.05, 3.63) is 18.0 Å². The molecule has 1 aliphatic carbocycles. The zero-order valence-corrected chi connectivity index (χ0v) is 13.1. The van der Waals surface area contributed by atoms with Crippen LogP contribution in [-0.4, -0.2) is 34.3 Å². The quantitative estimate of drug-likeness (QED) is 0.834. The maximum absolute atomic E-state index is 5.71. The molecule has 1 fully saturated rings. The minimum atomic E-state index is 0.630. The Morgan fingerprint density at radius 1 is 1.35 bits per heavy atom. The van der Waals surface area contributed by atoms with Crippen molar-refractivity contribution in [2.24, 2.45) is 11.7 Å². The van der Waals surface area contributed by atoms with Crippen molar-refractivity contribution < 1.29 is 0 Å². The van der Waals surface area contributed by atoms with Crippen LogP contribution in [0.25, 0.3) is 0 Å². The number of hydrogen-bond acceptors (Lipinski definition) is 3. The standard InChI is InChI=1S/C16H30N4/c1-14(2)12-19(11-9-17)13-15-8-10-20(18-15)16-6-4-3-5-7-16/h8,10,14,16H,3-7,9,11-13,17H2,1-2H3. The maximum atomic E-state index is 5.71. The van der Waals surface area contributed by atoms with Gasteiger partial charge in [-0.3, -0.25) is 9.58 Å². The zero-order chi connectivity index (χ0) is 14.4. The van der Waals surface area contributed by atoms with Gasteiger partial charge in [0.15, 0.2) is 0 Å². The van der Waals surface area contributed by atoms with Crippen LogP contribution < -0.4 is 5.73 Å². The van der Waals surface area contributed by atoms with Crippen molar-refractivity contribution in [2.75, 3.05) is 19.6 Å². The molecule has 114 valence electrons. The molecule has 4 heteroatoms. The molecular weight excluding hydrogens is 248 g/mol. The molecule has 1 saturated carbocycles. The van der Waals surface area contributed by atoms with Crippen molar-refractivity contribution in [1.29, 1.82) is 0 Å². The predicted octanol–water partition coefficient (Wildman–Crippen LogP) is 2.81. The lowest BCUT2D eigenvalue weighted by Gasteiger charge is -2.23. The second kappa shape index (κ2) is 7.79. The molecule has 0 aromatic carbocycles. The van der Waals surface area contributed by atoms with Crippen LogP contribution >= 0.6 is 0 Å². The molecule has 0 amide bonds. The van der Waals surface area contributed by atoms with Gasteiger partial charge in [0.2, 0.25) is 0 Å². The van der Waals surface area contributed by atoms with E-state index < -0.39 is 0 Å². The lowest BCUT2D eigenvalue weighted by Crippen LogP contribution is -2.32. The van der Waals surface area contributed by atoms with E-state index in [4.69, 9.17) is 10.8 Å². The Hall–Kier alpha value is -0.870. The third kappa shape index (κ3) is 4.60. The Labute approximate surface area is 123 Å². The van der Waals surface area contributed by atoms with E-state index in [1.54, 1.807) is 0 Å². The first-order valence-corrected chi connectivity index (χ1v) is 8.15. The third-order valence-corrected chi connectivity index (χ3v) is 4.07. The van der Waals surface area contributed by atoms with E-state index in [1.807, 2.05) is 0 Å². The minimum absolute atomic E-state index is 0.630. The number of nitrogens with zero attached hydrogens (tertiary/aromatic N) is 3. The van der Waals surface area contributed by atoms with Crippen LogP contribution in [0.2, 0.25) is 0 Å². The second-order valence-corrected chi connectivity index (χ2v) is 6.50. The highest BCUT2D eigenvalue weighted by Crippen LogP contribution is 2.27. The highest BCUT2D eigenvalue weighted by Gasteiger charge is 2.16. The van der Waals surface area contributed by atoms with Crippen LogP contribution in [0.3, 0.4) is 0 Å². The Kier molecular flexibility index (Phi) is 6.05. The lowest BCUT2D eigenvalue weighted by atomic mass is 9.96. The molecule has 4 nitrogen and oxygen atoms in total. The number of hydrogen-bond donors (Lipinski definition) is 1. The third-order valence-electron chi connectivity index (χ3n) is 4.07. The van der Waals surface area contributed by atoms with E-state index in [9.17, 15) is 0 Å².